The van der Waals surface area contributed by atoms with Gasteiger partial charge in [0, 0.05) is 25.9 Å². The average molecular weight is 278 g/mol. The summed E-state index contributed by atoms with van der Waals surface area (Å²) in [5.74, 6) is 0.940. The van der Waals surface area contributed by atoms with E-state index in [0.29, 0.717) is 12.2 Å². The van der Waals surface area contributed by atoms with Crippen LogP contribution in [0.2, 0.25) is 0 Å². The fraction of sp³-hybridized carbons (Fsp3) is 0.643. The molecule has 2 atom stereocenters. The molecule has 2 unspecified atom stereocenters. The Morgan fingerprint density at radius 2 is 2.15 bits per heavy atom. The molecule has 1 fully saturated rings. The predicted octanol–water partition coefficient (Wildman–Crippen LogP) is 1.66. The van der Waals surface area contributed by atoms with Gasteiger partial charge in [-0.05, 0) is 12.8 Å². The highest BCUT2D eigenvalue weighted by atomic mass is 16.3. The first-order valence-electron chi connectivity index (χ1n) is 7.11. The molecule has 0 bridgehead atoms. The number of anilines is 1. The van der Waals surface area contributed by atoms with Crippen LogP contribution in [-0.2, 0) is 6.42 Å². The highest BCUT2D eigenvalue weighted by molar-refractivity contribution is 5.88. The molecular weight excluding hydrogens is 256 g/mol. The number of hydrogen-bond acceptors (Lipinski definition) is 4. The SMILES string of the molecule is CCc1ncc(NC(=O)N(C)CC2CCCC2O)cn1. The average Bonchev–Trinajstić information content (AvgIpc) is 2.85. The van der Waals surface area contributed by atoms with Crippen LogP contribution in [0.3, 0.4) is 0 Å². The number of aliphatic hydroxyl groups is 1. The van der Waals surface area contributed by atoms with Crippen LogP contribution in [-0.4, -0.2) is 45.7 Å². The van der Waals surface area contributed by atoms with Gasteiger partial charge in [0.2, 0.25) is 0 Å². The number of rotatable bonds is 4. The summed E-state index contributed by atoms with van der Waals surface area (Å²) in [6.45, 7) is 2.55. The first-order chi connectivity index (χ1) is 9.60. The van der Waals surface area contributed by atoms with Crippen molar-refractivity contribution in [2.45, 2.75) is 38.7 Å². The van der Waals surface area contributed by atoms with E-state index in [1.165, 1.54) is 0 Å². The minimum Gasteiger partial charge on any atom is -0.393 e. The van der Waals surface area contributed by atoms with Crippen LogP contribution in [0, 0.1) is 5.92 Å². The van der Waals surface area contributed by atoms with E-state index in [1.54, 1.807) is 24.3 Å². The summed E-state index contributed by atoms with van der Waals surface area (Å²) in [5.41, 5.74) is 0.589. The van der Waals surface area contributed by atoms with Crippen LogP contribution in [0.5, 0.6) is 0 Å². The summed E-state index contributed by atoms with van der Waals surface area (Å²) < 4.78 is 0. The molecule has 2 N–H and O–H groups in total. The molecule has 0 saturated heterocycles. The molecule has 1 saturated carbocycles. The quantitative estimate of drug-likeness (QED) is 0.878. The standard InChI is InChI=1S/C14H22N4O2/c1-3-13-15-7-11(8-16-13)17-14(20)18(2)9-10-5-4-6-12(10)19/h7-8,10,12,19H,3-6,9H2,1-2H3,(H,17,20). The van der Waals surface area contributed by atoms with Crippen molar-refractivity contribution < 1.29 is 9.90 Å². The number of amides is 2. The predicted molar refractivity (Wildman–Crippen MR) is 76.4 cm³/mol. The number of aryl methyl sites for hydroxylation is 1. The molecule has 6 heteroatoms. The lowest BCUT2D eigenvalue weighted by Gasteiger charge is -2.23. The summed E-state index contributed by atoms with van der Waals surface area (Å²) >= 11 is 0. The Morgan fingerprint density at radius 3 is 2.70 bits per heavy atom. The van der Waals surface area contributed by atoms with Crippen LogP contribution >= 0.6 is 0 Å². The first-order valence-corrected chi connectivity index (χ1v) is 7.11. The summed E-state index contributed by atoms with van der Waals surface area (Å²) in [6.07, 6.45) is 6.57. The molecule has 0 radical (unpaired) electrons. The van der Waals surface area contributed by atoms with Gasteiger partial charge < -0.3 is 15.3 Å². The zero-order valence-corrected chi connectivity index (χ0v) is 12.0. The van der Waals surface area contributed by atoms with Crippen LogP contribution in [0.25, 0.3) is 0 Å². The van der Waals surface area contributed by atoms with Crippen molar-refractivity contribution in [2.24, 2.45) is 5.92 Å². The van der Waals surface area contributed by atoms with Crippen molar-refractivity contribution in [3.8, 4) is 0 Å². The van der Waals surface area contributed by atoms with Crippen molar-refractivity contribution in [1.82, 2.24) is 14.9 Å². The molecule has 1 aromatic rings. The van der Waals surface area contributed by atoms with Crippen LogP contribution in [0.4, 0.5) is 10.5 Å². The van der Waals surface area contributed by atoms with Gasteiger partial charge in [-0.3, -0.25) is 0 Å². The van der Waals surface area contributed by atoms with Gasteiger partial charge in [0.1, 0.15) is 5.82 Å². The maximum Gasteiger partial charge on any atom is 0.321 e. The van der Waals surface area contributed by atoms with E-state index in [1.807, 2.05) is 6.92 Å². The van der Waals surface area contributed by atoms with E-state index < -0.39 is 0 Å². The Hall–Kier alpha value is -1.69. The molecule has 1 aliphatic rings. The van der Waals surface area contributed by atoms with Gasteiger partial charge in [0.05, 0.1) is 24.2 Å². The Labute approximate surface area is 119 Å². The smallest absolute Gasteiger partial charge is 0.321 e. The summed E-state index contributed by atoms with van der Waals surface area (Å²) in [4.78, 5) is 21.9. The van der Waals surface area contributed by atoms with E-state index in [-0.39, 0.29) is 18.1 Å². The largest absolute Gasteiger partial charge is 0.393 e. The molecule has 6 nitrogen and oxygen atoms in total. The van der Waals surface area contributed by atoms with Gasteiger partial charge in [0.15, 0.2) is 0 Å². The normalized spacial score (nSPS) is 21.8. The molecule has 2 amide bonds. The highest BCUT2D eigenvalue weighted by Gasteiger charge is 2.27. The zero-order chi connectivity index (χ0) is 14.5. The molecule has 0 spiro atoms. The number of carbonyl (C=O) groups excluding carboxylic acids is 1. The lowest BCUT2D eigenvalue weighted by molar-refractivity contribution is 0.116. The highest BCUT2D eigenvalue weighted by Crippen LogP contribution is 2.26. The third-order valence-electron chi connectivity index (χ3n) is 3.75. The topological polar surface area (TPSA) is 78.4 Å². The number of aromatic nitrogens is 2. The van der Waals surface area contributed by atoms with E-state index in [9.17, 15) is 9.90 Å². The minimum atomic E-state index is -0.280. The van der Waals surface area contributed by atoms with Gasteiger partial charge >= 0.3 is 6.03 Å². The molecule has 20 heavy (non-hydrogen) atoms. The number of urea groups is 1. The third-order valence-corrected chi connectivity index (χ3v) is 3.75. The number of carbonyl (C=O) groups is 1. The number of nitrogens with zero attached hydrogens (tertiary/aromatic N) is 3. The minimum absolute atomic E-state index is 0.185. The van der Waals surface area contributed by atoms with Crippen molar-refractivity contribution in [2.75, 3.05) is 18.9 Å². The molecule has 2 rings (SSSR count). The van der Waals surface area contributed by atoms with Crippen molar-refractivity contribution >= 4 is 11.7 Å². The maximum atomic E-state index is 12.0. The summed E-state index contributed by atoms with van der Waals surface area (Å²) in [7, 11) is 1.74. The second-order valence-corrected chi connectivity index (χ2v) is 5.31. The van der Waals surface area contributed by atoms with Crippen LogP contribution < -0.4 is 5.32 Å². The van der Waals surface area contributed by atoms with Crippen molar-refractivity contribution in [3.63, 3.8) is 0 Å². The number of nitrogens with one attached hydrogen (secondary N) is 1. The summed E-state index contributed by atoms with van der Waals surface area (Å²) in [5, 5.41) is 12.6. The van der Waals surface area contributed by atoms with Gasteiger partial charge in [-0.2, -0.15) is 0 Å². The first kappa shape index (κ1) is 14.7. The number of hydrogen-bond donors (Lipinski definition) is 2. The van der Waals surface area contributed by atoms with Crippen LogP contribution in [0.15, 0.2) is 12.4 Å². The van der Waals surface area contributed by atoms with E-state index >= 15 is 0 Å². The lowest BCUT2D eigenvalue weighted by atomic mass is 10.1. The molecule has 0 aliphatic heterocycles. The van der Waals surface area contributed by atoms with Crippen LogP contribution in [0.1, 0.15) is 32.0 Å². The molecule has 0 aromatic carbocycles. The molecule has 1 aliphatic carbocycles. The maximum absolute atomic E-state index is 12.0. The molecule has 1 aromatic heterocycles. The van der Waals surface area contributed by atoms with Crippen molar-refractivity contribution in [3.05, 3.63) is 18.2 Å². The van der Waals surface area contributed by atoms with Gasteiger partial charge in [-0.15, -0.1) is 0 Å². The molecule has 1 heterocycles. The molecular formula is C14H22N4O2. The Balaban J connectivity index is 1.86. The molecule has 110 valence electrons. The Bertz CT molecular complexity index is 449. The second-order valence-electron chi connectivity index (χ2n) is 5.31. The lowest BCUT2D eigenvalue weighted by Crippen LogP contribution is -2.37. The Kier molecular flexibility index (Phi) is 4.89. The fourth-order valence-corrected chi connectivity index (χ4v) is 2.49. The van der Waals surface area contributed by atoms with E-state index in [2.05, 4.69) is 15.3 Å². The van der Waals surface area contributed by atoms with E-state index in [0.717, 1.165) is 31.5 Å². The van der Waals surface area contributed by atoms with E-state index in [4.69, 9.17) is 0 Å². The van der Waals surface area contributed by atoms with Gasteiger partial charge in [-0.25, -0.2) is 14.8 Å². The third kappa shape index (κ3) is 3.66. The van der Waals surface area contributed by atoms with Gasteiger partial charge in [-0.1, -0.05) is 13.3 Å². The summed E-state index contributed by atoms with van der Waals surface area (Å²) in [6, 6.07) is -0.197. The monoisotopic (exact) mass is 278 g/mol. The Morgan fingerprint density at radius 1 is 1.45 bits per heavy atom. The number of aliphatic hydroxyl groups excluding tert-OH is 1. The van der Waals surface area contributed by atoms with Gasteiger partial charge in [0.25, 0.3) is 0 Å². The zero-order valence-electron chi connectivity index (χ0n) is 12.0. The fourth-order valence-electron chi connectivity index (χ4n) is 2.49. The van der Waals surface area contributed by atoms with Crippen molar-refractivity contribution in [1.29, 1.82) is 0 Å². The second kappa shape index (κ2) is 6.65.